The minimum atomic E-state index is 0.210. The Bertz CT molecular complexity index is 976. The van der Waals surface area contributed by atoms with E-state index >= 15 is 0 Å². The number of rotatable bonds is 1. The topological polar surface area (TPSA) is 13.1 Å². The first-order valence-electron chi connectivity index (χ1n) is 9.21. The van der Waals surface area contributed by atoms with Crippen LogP contribution in [-0.4, -0.2) is 5.43 Å². The summed E-state index contributed by atoms with van der Waals surface area (Å²) in [4.78, 5) is 0. The van der Waals surface area contributed by atoms with E-state index in [9.17, 15) is 0 Å². The molecule has 0 radical (unpaired) electrons. The van der Waals surface area contributed by atoms with Crippen LogP contribution in [0, 0.1) is 27.7 Å². The van der Waals surface area contributed by atoms with Gasteiger partial charge in [0.2, 0.25) is 0 Å². The molecule has 27 heavy (non-hydrogen) atoms. The van der Waals surface area contributed by atoms with E-state index in [0.717, 1.165) is 5.76 Å². The first-order valence-corrected chi connectivity index (χ1v) is 15.4. The zero-order valence-electron chi connectivity index (χ0n) is 17.2. The van der Waals surface area contributed by atoms with Crippen molar-refractivity contribution in [3.05, 3.63) is 83.1 Å². The van der Waals surface area contributed by atoms with Crippen LogP contribution in [0.5, 0.6) is 0 Å². The molecule has 1 aromatic heterocycles. The van der Waals surface area contributed by atoms with Crippen LogP contribution >= 0.6 is 0 Å². The third-order valence-electron chi connectivity index (χ3n) is 4.65. The number of fused-ring (bicyclic) bond motifs is 1. The summed E-state index contributed by atoms with van der Waals surface area (Å²) in [6, 6.07) is 18.7. The van der Waals surface area contributed by atoms with E-state index in [-0.39, 0.29) is 5.43 Å². The van der Waals surface area contributed by atoms with Crippen LogP contribution in [0.2, 0.25) is 13.1 Å². The van der Waals surface area contributed by atoms with Gasteiger partial charge in [-0.1, -0.05) is 39.3 Å². The molecule has 0 fully saturated rings. The summed E-state index contributed by atoms with van der Waals surface area (Å²) in [5.41, 5.74) is 7.13. The van der Waals surface area contributed by atoms with Crippen LogP contribution in [0.1, 0.15) is 22.3 Å². The van der Waals surface area contributed by atoms with E-state index < -0.39 is 0 Å². The Balaban J connectivity index is 0.000000174. The number of hydrogen-bond acceptors (Lipinski definition) is 1. The van der Waals surface area contributed by atoms with Crippen LogP contribution in [0.4, 0.5) is 0 Å². The van der Waals surface area contributed by atoms with Crippen LogP contribution in [0.15, 0.2) is 65.3 Å². The molecule has 0 N–H and O–H groups in total. The summed E-state index contributed by atoms with van der Waals surface area (Å²) in [6.07, 6.45) is 1.71. The maximum absolute atomic E-state index is 5.39. The van der Waals surface area contributed by atoms with Gasteiger partial charge in [0, 0.05) is 0 Å². The minimum Gasteiger partial charge on any atom is -0.475 e. The average molecular weight is 452 g/mol. The third-order valence-corrected chi connectivity index (χ3v) is 4.65. The first-order chi connectivity index (χ1) is 12.8. The predicted molar refractivity (Wildman–Crippen MR) is 116 cm³/mol. The van der Waals surface area contributed by atoms with Gasteiger partial charge < -0.3 is 4.42 Å². The molecule has 0 spiro atoms. The molecule has 3 aromatic carbocycles. The Morgan fingerprint density at radius 1 is 0.889 bits per heavy atom. The summed E-state index contributed by atoms with van der Waals surface area (Å²) >= 11 is 1.74. The molecule has 3 heteroatoms. The van der Waals surface area contributed by atoms with Crippen LogP contribution in [-0.2, 0) is 23.3 Å². The molecule has 0 saturated heterocycles. The van der Waals surface area contributed by atoms with Crippen molar-refractivity contribution >= 4 is 16.2 Å². The first kappa shape index (κ1) is 21.9. The molecule has 138 valence electrons. The zero-order valence-corrected chi connectivity index (χ0v) is 20.6. The summed E-state index contributed by atoms with van der Waals surface area (Å²) < 4.78 is 5.39. The molecular weight excluding hydrogens is 424 g/mol. The van der Waals surface area contributed by atoms with Crippen LogP contribution in [0.3, 0.4) is 0 Å². The summed E-state index contributed by atoms with van der Waals surface area (Å²) in [6.45, 7) is 13.3. The number of furan rings is 1. The Morgan fingerprint density at radius 3 is 1.96 bits per heavy atom. The van der Waals surface area contributed by atoms with Gasteiger partial charge in [0.15, 0.2) is 0 Å². The molecule has 4 aromatic rings. The van der Waals surface area contributed by atoms with Crippen LogP contribution < -0.4 is 0 Å². The van der Waals surface area contributed by atoms with Gasteiger partial charge in [-0.15, -0.1) is 41.1 Å². The van der Waals surface area contributed by atoms with Gasteiger partial charge in [-0.3, -0.25) is 0 Å². The normalized spacial score (nSPS) is 10.1. The second-order valence-electron chi connectivity index (χ2n) is 7.07. The van der Waals surface area contributed by atoms with Gasteiger partial charge in [-0.05, 0) is 12.1 Å². The fourth-order valence-corrected chi connectivity index (χ4v) is 2.93. The van der Waals surface area contributed by atoms with E-state index in [1.165, 1.54) is 38.6 Å². The van der Waals surface area contributed by atoms with E-state index in [4.69, 9.17) is 4.42 Å². The van der Waals surface area contributed by atoms with Gasteiger partial charge in [0.1, 0.15) is 0 Å². The molecular formula is C24H28OSiZr. The standard InChI is InChI=1S/C13H9O.C9H13.C2H6Si.Zr/c1-2-5-11-10(4-1)7-8-12(11)13-6-3-9-14-13;1-6-5-7(2)9(4)8(6)3;1-3-2;/h1-9H;5H,1-4H3;1-2H3;/q2*-1;;+2. The number of aryl methyl sites for hydroxylation is 2. The van der Waals surface area contributed by atoms with E-state index in [1.807, 2.05) is 18.2 Å². The van der Waals surface area contributed by atoms with Gasteiger partial charge in [-0.2, -0.15) is 28.3 Å². The van der Waals surface area contributed by atoms with Crippen molar-refractivity contribution in [3.63, 3.8) is 0 Å². The summed E-state index contributed by atoms with van der Waals surface area (Å²) in [7, 11) is 0. The monoisotopic (exact) mass is 450 g/mol. The average Bonchev–Trinajstić information content (AvgIpc) is 3.33. The van der Waals surface area contributed by atoms with Crippen molar-refractivity contribution in [2.24, 2.45) is 0 Å². The largest absolute Gasteiger partial charge is 0.475 e. The fraction of sp³-hybridized carbons (Fsp3) is 0.250. The molecule has 1 heterocycles. The molecule has 1 nitrogen and oxygen atoms in total. The van der Waals surface area contributed by atoms with E-state index in [0.29, 0.717) is 0 Å². The molecule has 0 aliphatic heterocycles. The van der Waals surface area contributed by atoms with Gasteiger partial charge in [0.05, 0.1) is 12.0 Å². The third kappa shape index (κ3) is 6.02. The van der Waals surface area contributed by atoms with Crippen molar-refractivity contribution in [1.29, 1.82) is 0 Å². The van der Waals surface area contributed by atoms with E-state index in [1.54, 1.807) is 29.6 Å². The molecule has 0 unspecified atom stereocenters. The van der Waals surface area contributed by atoms with Gasteiger partial charge >= 0.3 is 41.9 Å². The van der Waals surface area contributed by atoms with Crippen molar-refractivity contribution in [1.82, 2.24) is 0 Å². The molecule has 0 saturated carbocycles. The van der Waals surface area contributed by atoms with Gasteiger partial charge in [-0.25, -0.2) is 0 Å². The molecule has 0 amide bonds. The minimum absolute atomic E-state index is 0.210. The second kappa shape index (κ2) is 10.2. The molecule has 0 aliphatic carbocycles. The Morgan fingerprint density at radius 2 is 1.48 bits per heavy atom. The van der Waals surface area contributed by atoms with Crippen molar-refractivity contribution in [3.8, 4) is 11.3 Å². The second-order valence-corrected chi connectivity index (χ2v) is 16.4. The molecule has 0 bridgehead atoms. The SMILES string of the molecule is C[Si](C)=[Zr+2].Cc1[cH-]c(C)c(C)c1C.c1coc(-c2c[cH-]c3ccccc23)c1. The zero-order chi connectivity index (χ0) is 20.0. The summed E-state index contributed by atoms with van der Waals surface area (Å²) in [5, 5.41) is 2.52. The smallest absolute Gasteiger partial charge is 0.0899 e. The molecule has 4 rings (SSSR count). The molecule has 0 atom stereocenters. The number of hydrogen-bond donors (Lipinski definition) is 0. The van der Waals surface area contributed by atoms with Crippen molar-refractivity contribution < 1.29 is 27.8 Å². The Hall–Kier alpha value is -1.44. The molecule has 0 aliphatic rings. The van der Waals surface area contributed by atoms with Crippen molar-refractivity contribution in [2.45, 2.75) is 40.8 Å². The Labute approximate surface area is 178 Å². The van der Waals surface area contributed by atoms with Crippen molar-refractivity contribution in [2.75, 3.05) is 0 Å². The summed E-state index contributed by atoms with van der Waals surface area (Å²) in [5.74, 6) is 0.936. The Kier molecular flexibility index (Phi) is 8.26. The van der Waals surface area contributed by atoms with E-state index in [2.05, 4.69) is 77.2 Å². The quantitative estimate of drug-likeness (QED) is 0.219. The predicted octanol–water partition coefficient (Wildman–Crippen LogP) is 7.24. The maximum atomic E-state index is 5.39. The number of benzene rings is 1. The van der Waals surface area contributed by atoms with Gasteiger partial charge in [0.25, 0.3) is 0 Å². The maximum Gasteiger partial charge on any atom is 0.0899 e. The van der Waals surface area contributed by atoms with Crippen LogP contribution in [0.25, 0.3) is 22.1 Å². The fourth-order valence-electron chi connectivity index (χ4n) is 2.93.